The summed E-state index contributed by atoms with van der Waals surface area (Å²) >= 11 is 6.15. The zero-order valence-electron chi connectivity index (χ0n) is 11.7. The van der Waals surface area contributed by atoms with Gasteiger partial charge in [0.25, 0.3) is 0 Å². The molecule has 0 aliphatic heterocycles. The Kier molecular flexibility index (Phi) is 4.30. The van der Waals surface area contributed by atoms with Gasteiger partial charge in [-0.1, -0.05) is 17.7 Å². The van der Waals surface area contributed by atoms with E-state index in [9.17, 15) is 4.39 Å². The molecule has 0 amide bonds. The highest BCUT2D eigenvalue weighted by Crippen LogP contribution is 2.27. The second-order valence-corrected chi connectivity index (χ2v) is 5.11. The van der Waals surface area contributed by atoms with Crippen LogP contribution in [0.4, 0.5) is 4.39 Å². The Labute approximate surface area is 122 Å². The van der Waals surface area contributed by atoms with E-state index in [0.717, 1.165) is 17.0 Å². The number of ether oxygens (including phenoxy) is 1. The average molecular weight is 298 g/mol. The third-order valence-corrected chi connectivity index (χ3v) is 3.58. The zero-order chi connectivity index (χ0) is 14.9. The predicted molar refractivity (Wildman–Crippen MR) is 76.3 cm³/mol. The molecule has 0 aliphatic rings. The van der Waals surface area contributed by atoms with Gasteiger partial charge in [0.1, 0.15) is 18.2 Å². The molecule has 0 fully saturated rings. The number of benzene rings is 1. The lowest BCUT2D eigenvalue weighted by Gasteiger charge is -2.14. The van der Waals surface area contributed by atoms with Crippen molar-refractivity contribution >= 4 is 11.6 Å². The molecule has 1 aromatic heterocycles. The van der Waals surface area contributed by atoms with Crippen molar-refractivity contribution in [2.75, 3.05) is 0 Å². The smallest absolute Gasteiger partial charge is 0.131 e. The Morgan fingerprint density at radius 2 is 2.20 bits per heavy atom. The summed E-state index contributed by atoms with van der Waals surface area (Å²) in [6.07, 6.45) is 0. The van der Waals surface area contributed by atoms with E-state index in [1.54, 1.807) is 17.8 Å². The van der Waals surface area contributed by atoms with Gasteiger partial charge in [0.2, 0.25) is 0 Å². The molecule has 1 atom stereocenters. The molecule has 1 aromatic carbocycles. The lowest BCUT2D eigenvalue weighted by Crippen LogP contribution is -2.10. The first-order chi connectivity index (χ1) is 9.40. The molecule has 108 valence electrons. The Hall–Kier alpha value is -1.59. The van der Waals surface area contributed by atoms with Gasteiger partial charge in [-0.25, -0.2) is 4.39 Å². The SMILES string of the molecule is Cc1nn(C)c(COc2cc(F)ccc2[C@H](C)N)c1Cl. The molecule has 4 nitrogen and oxygen atoms in total. The monoisotopic (exact) mass is 297 g/mol. The molecule has 2 rings (SSSR count). The number of aryl methyl sites for hydroxylation is 2. The van der Waals surface area contributed by atoms with Gasteiger partial charge in [-0.3, -0.25) is 4.68 Å². The van der Waals surface area contributed by atoms with Crippen LogP contribution in [-0.4, -0.2) is 9.78 Å². The lowest BCUT2D eigenvalue weighted by atomic mass is 10.1. The summed E-state index contributed by atoms with van der Waals surface area (Å²) in [4.78, 5) is 0. The van der Waals surface area contributed by atoms with Crippen LogP contribution in [0.5, 0.6) is 5.75 Å². The fourth-order valence-corrected chi connectivity index (χ4v) is 2.21. The minimum atomic E-state index is -0.364. The highest BCUT2D eigenvalue weighted by Gasteiger charge is 2.14. The predicted octanol–water partition coefficient (Wildman–Crippen LogP) is 3.12. The summed E-state index contributed by atoms with van der Waals surface area (Å²) in [6, 6.07) is 4.09. The third kappa shape index (κ3) is 2.94. The largest absolute Gasteiger partial charge is 0.487 e. The molecule has 0 bridgehead atoms. The first-order valence-corrected chi connectivity index (χ1v) is 6.63. The van der Waals surface area contributed by atoms with Gasteiger partial charge in [-0.05, 0) is 19.9 Å². The molecule has 0 spiro atoms. The number of halogens is 2. The van der Waals surface area contributed by atoms with Crippen LogP contribution in [0.3, 0.4) is 0 Å². The van der Waals surface area contributed by atoms with Crippen molar-refractivity contribution in [1.29, 1.82) is 0 Å². The van der Waals surface area contributed by atoms with Crippen molar-refractivity contribution in [1.82, 2.24) is 9.78 Å². The third-order valence-electron chi connectivity index (χ3n) is 3.09. The number of aromatic nitrogens is 2. The molecular weight excluding hydrogens is 281 g/mol. The molecule has 0 saturated heterocycles. The maximum Gasteiger partial charge on any atom is 0.131 e. The van der Waals surface area contributed by atoms with Crippen LogP contribution in [0.15, 0.2) is 18.2 Å². The van der Waals surface area contributed by atoms with E-state index in [4.69, 9.17) is 22.1 Å². The van der Waals surface area contributed by atoms with Crippen LogP contribution < -0.4 is 10.5 Å². The Bertz CT molecular complexity index is 625. The standard InChI is InChI=1S/C14H17ClFN3O/c1-8(17)11-5-4-10(16)6-13(11)20-7-12-14(15)9(2)18-19(12)3/h4-6,8H,7,17H2,1-3H3/t8-/m0/s1. The Balaban J connectivity index is 2.24. The zero-order valence-corrected chi connectivity index (χ0v) is 12.4. The van der Waals surface area contributed by atoms with Gasteiger partial charge in [0.15, 0.2) is 0 Å². The Morgan fingerprint density at radius 1 is 1.50 bits per heavy atom. The van der Waals surface area contributed by atoms with Crippen LogP contribution in [0.25, 0.3) is 0 Å². The van der Waals surface area contributed by atoms with E-state index in [1.165, 1.54) is 12.1 Å². The lowest BCUT2D eigenvalue weighted by molar-refractivity contribution is 0.289. The summed E-state index contributed by atoms with van der Waals surface area (Å²) in [5.41, 5.74) is 8.08. The van der Waals surface area contributed by atoms with E-state index in [1.807, 2.05) is 13.8 Å². The van der Waals surface area contributed by atoms with Crippen LogP contribution in [0.1, 0.15) is 29.9 Å². The minimum Gasteiger partial charge on any atom is -0.487 e. The van der Waals surface area contributed by atoms with Gasteiger partial charge in [-0.2, -0.15) is 5.10 Å². The normalized spacial score (nSPS) is 12.5. The van der Waals surface area contributed by atoms with Crippen molar-refractivity contribution in [3.63, 3.8) is 0 Å². The molecule has 6 heteroatoms. The fraction of sp³-hybridized carbons (Fsp3) is 0.357. The molecule has 0 radical (unpaired) electrons. The van der Waals surface area contributed by atoms with Gasteiger partial charge < -0.3 is 10.5 Å². The number of nitrogens with zero attached hydrogens (tertiary/aromatic N) is 2. The molecule has 0 saturated carbocycles. The first-order valence-electron chi connectivity index (χ1n) is 6.26. The van der Waals surface area contributed by atoms with Crippen molar-refractivity contribution in [2.24, 2.45) is 12.8 Å². The van der Waals surface area contributed by atoms with Crippen molar-refractivity contribution < 1.29 is 9.13 Å². The first kappa shape index (κ1) is 14.8. The van der Waals surface area contributed by atoms with E-state index < -0.39 is 0 Å². The molecule has 0 unspecified atom stereocenters. The van der Waals surface area contributed by atoms with Crippen LogP contribution in [-0.2, 0) is 13.7 Å². The Morgan fingerprint density at radius 3 is 2.75 bits per heavy atom. The number of hydrogen-bond donors (Lipinski definition) is 1. The maximum atomic E-state index is 13.3. The molecule has 2 N–H and O–H groups in total. The molecule has 1 heterocycles. The number of hydrogen-bond acceptors (Lipinski definition) is 3. The second-order valence-electron chi connectivity index (χ2n) is 4.73. The fourth-order valence-electron chi connectivity index (χ4n) is 1.99. The molecular formula is C14H17ClFN3O. The second kappa shape index (κ2) is 5.81. The van der Waals surface area contributed by atoms with Gasteiger partial charge in [-0.15, -0.1) is 0 Å². The summed E-state index contributed by atoms with van der Waals surface area (Å²) < 4.78 is 20.7. The van der Waals surface area contributed by atoms with Crippen LogP contribution >= 0.6 is 11.6 Å². The number of rotatable bonds is 4. The van der Waals surface area contributed by atoms with Crippen LogP contribution in [0.2, 0.25) is 5.02 Å². The summed E-state index contributed by atoms with van der Waals surface area (Å²) in [6.45, 7) is 3.85. The van der Waals surface area contributed by atoms with E-state index >= 15 is 0 Å². The summed E-state index contributed by atoms with van der Waals surface area (Å²) in [5.74, 6) is 0.0617. The van der Waals surface area contributed by atoms with Crippen molar-refractivity contribution in [3.8, 4) is 5.75 Å². The van der Waals surface area contributed by atoms with Gasteiger partial charge >= 0.3 is 0 Å². The molecule has 0 aliphatic carbocycles. The summed E-state index contributed by atoms with van der Waals surface area (Å²) in [7, 11) is 1.79. The van der Waals surface area contributed by atoms with E-state index in [2.05, 4.69) is 5.10 Å². The van der Waals surface area contributed by atoms with Gasteiger partial charge in [0, 0.05) is 24.7 Å². The minimum absolute atomic E-state index is 0.208. The number of nitrogens with two attached hydrogens (primary N) is 1. The van der Waals surface area contributed by atoms with E-state index in [-0.39, 0.29) is 18.5 Å². The quantitative estimate of drug-likeness (QED) is 0.943. The highest BCUT2D eigenvalue weighted by molar-refractivity contribution is 6.31. The van der Waals surface area contributed by atoms with Gasteiger partial charge in [0.05, 0.1) is 16.4 Å². The highest BCUT2D eigenvalue weighted by atomic mass is 35.5. The summed E-state index contributed by atoms with van der Waals surface area (Å²) in [5, 5.41) is 4.77. The molecule has 2 aromatic rings. The topological polar surface area (TPSA) is 53.1 Å². The van der Waals surface area contributed by atoms with Crippen molar-refractivity contribution in [3.05, 3.63) is 46.0 Å². The van der Waals surface area contributed by atoms with E-state index in [0.29, 0.717) is 10.8 Å². The maximum absolute atomic E-state index is 13.3. The van der Waals surface area contributed by atoms with Crippen molar-refractivity contribution in [2.45, 2.75) is 26.5 Å². The van der Waals surface area contributed by atoms with Crippen LogP contribution in [0, 0.1) is 12.7 Å². The molecule has 20 heavy (non-hydrogen) atoms. The average Bonchev–Trinajstić information content (AvgIpc) is 2.61.